The third-order valence-electron chi connectivity index (χ3n) is 2.82. The molecule has 0 aliphatic carbocycles. The highest BCUT2D eigenvalue weighted by molar-refractivity contribution is 9.13. The molecular weight excluding hydrogens is 418 g/mol. The maximum Gasteiger partial charge on any atom is 0.328 e. The second-order valence-corrected chi connectivity index (χ2v) is 7.58. The molecular formula is C15H15Br2NO2S. The van der Waals surface area contributed by atoms with Gasteiger partial charge in [-0.1, -0.05) is 30.3 Å². The van der Waals surface area contributed by atoms with Crippen LogP contribution in [-0.4, -0.2) is 12.6 Å². The second-order valence-electron chi connectivity index (χ2n) is 4.32. The lowest BCUT2D eigenvalue weighted by Crippen LogP contribution is -2.29. The molecule has 0 radical (unpaired) electrons. The van der Waals surface area contributed by atoms with Crippen molar-refractivity contribution in [2.75, 3.05) is 6.61 Å². The fraction of sp³-hybridized carbons (Fsp3) is 0.267. The van der Waals surface area contributed by atoms with Crippen molar-refractivity contribution in [3.63, 3.8) is 0 Å². The fourth-order valence-electron chi connectivity index (χ4n) is 1.85. The number of hydrogen-bond acceptors (Lipinski definition) is 4. The van der Waals surface area contributed by atoms with Gasteiger partial charge in [-0.2, -0.15) is 0 Å². The zero-order valence-corrected chi connectivity index (χ0v) is 15.4. The van der Waals surface area contributed by atoms with Crippen LogP contribution in [0.25, 0.3) is 0 Å². The molecule has 0 spiro atoms. The average Bonchev–Trinajstić information content (AvgIpc) is 2.80. The molecule has 1 atom stereocenters. The van der Waals surface area contributed by atoms with Crippen molar-refractivity contribution in [2.24, 2.45) is 0 Å². The maximum absolute atomic E-state index is 12.2. The number of rotatable bonds is 6. The van der Waals surface area contributed by atoms with Crippen LogP contribution in [0.2, 0.25) is 0 Å². The molecule has 2 aromatic rings. The molecule has 21 heavy (non-hydrogen) atoms. The SMILES string of the molecule is CCOC(=O)C(NCc1ccccc1)c1cc(Br)c(Br)s1. The van der Waals surface area contributed by atoms with E-state index in [9.17, 15) is 4.79 Å². The van der Waals surface area contributed by atoms with Crippen molar-refractivity contribution in [3.05, 3.63) is 55.1 Å². The van der Waals surface area contributed by atoms with Gasteiger partial charge in [-0.15, -0.1) is 11.3 Å². The highest BCUT2D eigenvalue weighted by Gasteiger charge is 2.24. The minimum atomic E-state index is -0.460. The number of esters is 1. The van der Waals surface area contributed by atoms with Gasteiger partial charge in [0.2, 0.25) is 0 Å². The van der Waals surface area contributed by atoms with E-state index in [4.69, 9.17) is 4.74 Å². The first kappa shape index (κ1) is 16.7. The highest BCUT2D eigenvalue weighted by atomic mass is 79.9. The Morgan fingerprint density at radius 1 is 1.33 bits per heavy atom. The van der Waals surface area contributed by atoms with Crippen LogP contribution in [0.3, 0.4) is 0 Å². The van der Waals surface area contributed by atoms with Gasteiger partial charge in [0.25, 0.3) is 0 Å². The van der Waals surface area contributed by atoms with E-state index >= 15 is 0 Å². The standard InChI is InChI=1S/C15H15Br2NO2S/c1-2-20-15(19)13(12-8-11(16)14(17)21-12)18-9-10-6-4-3-5-7-10/h3-8,13,18H,2,9H2,1H3. The summed E-state index contributed by atoms with van der Waals surface area (Å²) < 4.78 is 7.08. The van der Waals surface area contributed by atoms with Crippen molar-refractivity contribution in [1.29, 1.82) is 0 Å². The molecule has 1 heterocycles. The van der Waals surface area contributed by atoms with Gasteiger partial charge in [-0.3, -0.25) is 5.32 Å². The number of ether oxygens (including phenoxy) is 1. The average molecular weight is 433 g/mol. The minimum Gasteiger partial charge on any atom is -0.465 e. The summed E-state index contributed by atoms with van der Waals surface area (Å²) in [7, 11) is 0. The molecule has 112 valence electrons. The highest BCUT2D eigenvalue weighted by Crippen LogP contribution is 2.36. The minimum absolute atomic E-state index is 0.255. The van der Waals surface area contributed by atoms with Gasteiger partial charge in [0.1, 0.15) is 6.04 Å². The Kier molecular flexibility index (Phi) is 6.41. The Balaban J connectivity index is 2.14. The molecule has 0 bridgehead atoms. The monoisotopic (exact) mass is 431 g/mol. The summed E-state index contributed by atoms with van der Waals surface area (Å²) in [4.78, 5) is 13.1. The van der Waals surface area contributed by atoms with Crippen molar-refractivity contribution < 1.29 is 9.53 Å². The van der Waals surface area contributed by atoms with Gasteiger partial charge in [-0.25, -0.2) is 4.79 Å². The molecule has 6 heteroatoms. The first-order valence-corrected chi connectivity index (χ1v) is 8.90. The number of benzene rings is 1. The summed E-state index contributed by atoms with van der Waals surface area (Å²) in [5.41, 5.74) is 1.13. The third kappa shape index (κ3) is 4.64. The van der Waals surface area contributed by atoms with Crippen molar-refractivity contribution in [3.8, 4) is 0 Å². The lowest BCUT2D eigenvalue weighted by Gasteiger charge is -2.16. The van der Waals surface area contributed by atoms with Crippen molar-refractivity contribution in [2.45, 2.75) is 19.5 Å². The van der Waals surface area contributed by atoms with E-state index in [1.54, 1.807) is 0 Å². The Labute approximate surface area is 145 Å². The molecule has 1 N–H and O–H groups in total. The summed E-state index contributed by atoms with van der Waals surface area (Å²) in [6, 6.07) is 11.5. The molecule has 1 unspecified atom stereocenters. The van der Waals surface area contributed by atoms with Crippen molar-refractivity contribution in [1.82, 2.24) is 5.32 Å². The van der Waals surface area contributed by atoms with Gasteiger partial charge in [0, 0.05) is 15.9 Å². The third-order valence-corrected chi connectivity index (χ3v) is 6.15. The number of carbonyl (C=O) groups excluding carboxylic acids is 1. The number of hydrogen-bond donors (Lipinski definition) is 1. The van der Waals surface area contributed by atoms with Crippen LogP contribution in [0.1, 0.15) is 23.4 Å². The van der Waals surface area contributed by atoms with E-state index in [1.807, 2.05) is 43.3 Å². The number of carbonyl (C=O) groups is 1. The zero-order chi connectivity index (χ0) is 15.2. The molecule has 0 aliphatic rings. The normalized spacial score (nSPS) is 12.1. The lowest BCUT2D eigenvalue weighted by molar-refractivity contribution is -0.145. The number of thiophene rings is 1. The number of nitrogens with one attached hydrogen (secondary N) is 1. The fourth-order valence-corrected chi connectivity index (χ4v) is 4.00. The van der Waals surface area contributed by atoms with Crippen LogP contribution in [0, 0.1) is 0 Å². The molecule has 3 nitrogen and oxygen atoms in total. The summed E-state index contributed by atoms with van der Waals surface area (Å²) in [5, 5.41) is 3.27. The molecule has 0 aliphatic heterocycles. The first-order chi connectivity index (χ1) is 10.1. The Bertz CT molecular complexity index is 581. The Hall–Kier alpha value is -0.690. The van der Waals surface area contributed by atoms with Gasteiger partial charge >= 0.3 is 5.97 Å². The number of halogens is 2. The molecule has 0 fully saturated rings. The van der Waals surface area contributed by atoms with Crippen LogP contribution in [0.15, 0.2) is 44.7 Å². The van der Waals surface area contributed by atoms with E-state index in [0.717, 1.165) is 18.7 Å². The predicted octanol–water partition coefficient (Wildman–Crippen LogP) is 4.67. The van der Waals surface area contributed by atoms with Crippen LogP contribution >= 0.6 is 43.2 Å². The second kappa shape index (κ2) is 8.08. The molecule has 1 aromatic heterocycles. The van der Waals surface area contributed by atoms with Gasteiger partial charge in [-0.05, 0) is 50.4 Å². The van der Waals surface area contributed by atoms with Crippen molar-refractivity contribution >= 4 is 49.2 Å². The molecule has 0 saturated carbocycles. The zero-order valence-electron chi connectivity index (χ0n) is 11.4. The van der Waals surface area contributed by atoms with Crippen LogP contribution < -0.4 is 5.32 Å². The maximum atomic E-state index is 12.2. The van der Waals surface area contributed by atoms with E-state index < -0.39 is 6.04 Å². The quantitative estimate of drug-likeness (QED) is 0.674. The van der Waals surface area contributed by atoms with Crippen LogP contribution in [0.4, 0.5) is 0 Å². The topological polar surface area (TPSA) is 38.3 Å². The summed E-state index contributed by atoms with van der Waals surface area (Å²) in [5.74, 6) is -0.255. The Morgan fingerprint density at radius 3 is 2.62 bits per heavy atom. The predicted molar refractivity (Wildman–Crippen MR) is 92.4 cm³/mol. The van der Waals surface area contributed by atoms with Gasteiger partial charge in [0.05, 0.1) is 10.4 Å². The molecule has 1 aromatic carbocycles. The summed E-state index contributed by atoms with van der Waals surface area (Å²) in [6.07, 6.45) is 0. The van der Waals surface area contributed by atoms with Gasteiger partial charge in [0.15, 0.2) is 0 Å². The van der Waals surface area contributed by atoms with E-state index in [0.29, 0.717) is 13.2 Å². The molecule has 0 saturated heterocycles. The smallest absolute Gasteiger partial charge is 0.328 e. The van der Waals surface area contributed by atoms with Crippen LogP contribution in [0.5, 0.6) is 0 Å². The summed E-state index contributed by atoms with van der Waals surface area (Å²) >= 11 is 8.43. The Morgan fingerprint density at radius 2 is 2.05 bits per heavy atom. The van der Waals surface area contributed by atoms with E-state index in [2.05, 4.69) is 37.2 Å². The largest absolute Gasteiger partial charge is 0.465 e. The van der Waals surface area contributed by atoms with E-state index in [-0.39, 0.29) is 5.97 Å². The summed E-state index contributed by atoms with van der Waals surface area (Å²) in [6.45, 7) is 2.79. The molecule has 2 rings (SSSR count). The molecule has 0 amide bonds. The van der Waals surface area contributed by atoms with Gasteiger partial charge < -0.3 is 4.74 Å². The first-order valence-electron chi connectivity index (χ1n) is 6.50. The van der Waals surface area contributed by atoms with Crippen LogP contribution in [-0.2, 0) is 16.1 Å². The van der Waals surface area contributed by atoms with E-state index in [1.165, 1.54) is 11.3 Å². The lowest BCUT2D eigenvalue weighted by atomic mass is 10.2.